The van der Waals surface area contributed by atoms with Crippen LogP contribution in [0.4, 0.5) is 4.39 Å². The lowest BCUT2D eigenvalue weighted by Crippen LogP contribution is -2.23. The minimum Gasteiger partial charge on any atom is -0.493 e. The summed E-state index contributed by atoms with van der Waals surface area (Å²) < 4.78 is 25.7. The van der Waals surface area contributed by atoms with Crippen molar-refractivity contribution in [3.63, 3.8) is 0 Å². The number of hydrogen-bond donors (Lipinski definition) is 1. The highest BCUT2D eigenvalue weighted by Gasteiger charge is 2.16. The molecule has 0 saturated heterocycles. The van der Waals surface area contributed by atoms with Crippen molar-refractivity contribution in [2.45, 2.75) is 20.4 Å². The number of rotatable bonds is 8. The van der Waals surface area contributed by atoms with Crippen molar-refractivity contribution in [3.05, 3.63) is 76.9 Å². The summed E-state index contributed by atoms with van der Waals surface area (Å²) in [5.41, 5.74) is 4.25. The largest absolute Gasteiger partial charge is 0.493 e. The molecule has 29 heavy (non-hydrogen) atoms. The van der Waals surface area contributed by atoms with Gasteiger partial charge in [-0.1, -0.05) is 6.07 Å². The standard InChI is InChI=1S/C23H25FN2O3/c1-15-11-20(16(2)26(15)19-8-6-18(24)7-9-19)21(27)14-25-13-17-5-10-22(28-3)23(12-17)29-4/h5-12,25H,13-14H2,1-4H3. The summed E-state index contributed by atoms with van der Waals surface area (Å²) in [6.07, 6.45) is 0. The van der Waals surface area contributed by atoms with Crippen LogP contribution in [0.15, 0.2) is 48.5 Å². The van der Waals surface area contributed by atoms with E-state index in [0.29, 0.717) is 23.6 Å². The Bertz CT molecular complexity index is 1010. The molecule has 0 aliphatic rings. The normalized spacial score (nSPS) is 10.8. The molecule has 0 saturated carbocycles. The third-order valence-electron chi connectivity index (χ3n) is 4.88. The molecule has 0 radical (unpaired) electrons. The molecule has 0 aliphatic carbocycles. The van der Waals surface area contributed by atoms with Crippen molar-refractivity contribution in [2.75, 3.05) is 20.8 Å². The van der Waals surface area contributed by atoms with E-state index in [1.807, 2.05) is 42.7 Å². The van der Waals surface area contributed by atoms with Crippen LogP contribution < -0.4 is 14.8 Å². The van der Waals surface area contributed by atoms with E-state index in [2.05, 4.69) is 5.32 Å². The summed E-state index contributed by atoms with van der Waals surface area (Å²) in [4.78, 5) is 12.7. The van der Waals surface area contributed by atoms with Gasteiger partial charge in [0.1, 0.15) is 5.82 Å². The predicted octanol–water partition coefficient (Wildman–Crippen LogP) is 4.22. The van der Waals surface area contributed by atoms with Gasteiger partial charge in [0.15, 0.2) is 17.3 Å². The molecule has 3 rings (SSSR count). The molecule has 3 aromatic rings. The number of benzene rings is 2. The zero-order chi connectivity index (χ0) is 21.0. The molecule has 0 atom stereocenters. The van der Waals surface area contributed by atoms with Crippen LogP contribution in [-0.4, -0.2) is 31.1 Å². The van der Waals surface area contributed by atoms with Crippen LogP contribution in [0.1, 0.15) is 27.3 Å². The number of hydrogen-bond acceptors (Lipinski definition) is 4. The van der Waals surface area contributed by atoms with Gasteiger partial charge in [0, 0.05) is 29.2 Å². The molecule has 1 N–H and O–H groups in total. The lowest BCUT2D eigenvalue weighted by atomic mass is 10.1. The number of methoxy groups -OCH3 is 2. The van der Waals surface area contributed by atoms with Crippen LogP contribution >= 0.6 is 0 Å². The Morgan fingerprint density at radius 2 is 1.69 bits per heavy atom. The van der Waals surface area contributed by atoms with Gasteiger partial charge in [0.05, 0.1) is 20.8 Å². The van der Waals surface area contributed by atoms with Crippen molar-refractivity contribution in [3.8, 4) is 17.2 Å². The molecular weight excluding hydrogens is 371 g/mol. The number of ketones is 1. The zero-order valence-electron chi connectivity index (χ0n) is 17.1. The number of carbonyl (C=O) groups excluding carboxylic acids is 1. The van der Waals surface area contributed by atoms with Crippen LogP contribution in [0.25, 0.3) is 5.69 Å². The van der Waals surface area contributed by atoms with Gasteiger partial charge in [0.2, 0.25) is 0 Å². The van der Waals surface area contributed by atoms with Gasteiger partial charge in [-0.05, 0) is 61.9 Å². The van der Waals surface area contributed by atoms with E-state index >= 15 is 0 Å². The Morgan fingerprint density at radius 3 is 2.34 bits per heavy atom. The molecule has 0 unspecified atom stereocenters. The third-order valence-corrected chi connectivity index (χ3v) is 4.88. The van der Waals surface area contributed by atoms with Crippen LogP contribution in [-0.2, 0) is 6.54 Å². The van der Waals surface area contributed by atoms with Crippen molar-refractivity contribution >= 4 is 5.78 Å². The highest BCUT2D eigenvalue weighted by Crippen LogP contribution is 2.27. The van der Waals surface area contributed by atoms with Gasteiger partial charge in [-0.25, -0.2) is 4.39 Å². The molecule has 0 aliphatic heterocycles. The molecule has 0 spiro atoms. The van der Waals surface area contributed by atoms with E-state index in [-0.39, 0.29) is 18.1 Å². The lowest BCUT2D eigenvalue weighted by Gasteiger charge is -2.11. The van der Waals surface area contributed by atoms with Gasteiger partial charge in [-0.2, -0.15) is 0 Å². The number of halogens is 1. The van der Waals surface area contributed by atoms with Gasteiger partial charge < -0.3 is 19.4 Å². The van der Waals surface area contributed by atoms with Gasteiger partial charge >= 0.3 is 0 Å². The smallest absolute Gasteiger partial charge is 0.178 e. The third kappa shape index (κ3) is 4.49. The Hall–Kier alpha value is -3.12. The highest BCUT2D eigenvalue weighted by atomic mass is 19.1. The maximum atomic E-state index is 13.2. The molecular formula is C23H25FN2O3. The summed E-state index contributed by atoms with van der Waals surface area (Å²) in [6.45, 7) is 4.58. The van der Waals surface area contributed by atoms with Crippen LogP contribution in [0.5, 0.6) is 11.5 Å². The first-order valence-corrected chi connectivity index (χ1v) is 9.34. The lowest BCUT2D eigenvalue weighted by molar-refractivity contribution is 0.0990. The average molecular weight is 396 g/mol. The fraction of sp³-hybridized carbons (Fsp3) is 0.261. The molecule has 0 fully saturated rings. The van der Waals surface area contributed by atoms with E-state index in [1.165, 1.54) is 12.1 Å². The van der Waals surface area contributed by atoms with E-state index in [1.54, 1.807) is 26.4 Å². The summed E-state index contributed by atoms with van der Waals surface area (Å²) in [5.74, 6) is 1.04. The van der Waals surface area contributed by atoms with Gasteiger partial charge in [-0.15, -0.1) is 0 Å². The van der Waals surface area contributed by atoms with E-state index in [4.69, 9.17) is 9.47 Å². The maximum Gasteiger partial charge on any atom is 0.178 e. The number of carbonyl (C=O) groups is 1. The van der Waals surface area contributed by atoms with Crippen molar-refractivity contribution in [2.24, 2.45) is 0 Å². The Kier molecular flexibility index (Phi) is 6.34. The second-order valence-corrected chi connectivity index (χ2v) is 6.81. The Balaban J connectivity index is 1.69. The molecule has 2 aromatic carbocycles. The maximum absolute atomic E-state index is 13.2. The minimum atomic E-state index is -0.285. The summed E-state index contributed by atoms with van der Waals surface area (Å²) >= 11 is 0. The van der Waals surface area contributed by atoms with Gasteiger partial charge in [0.25, 0.3) is 0 Å². The number of nitrogens with zero attached hydrogens (tertiary/aromatic N) is 1. The number of aromatic nitrogens is 1. The predicted molar refractivity (Wildman–Crippen MR) is 111 cm³/mol. The molecule has 5 nitrogen and oxygen atoms in total. The SMILES string of the molecule is COc1ccc(CNCC(=O)c2cc(C)n(-c3ccc(F)cc3)c2C)cc1OC. The second-order valence-electron chi connectivity index (χ2n) is 6.81. The first-order chi connectivity index (χ1) is 13.9. The molecule has 152 valence electrons. The highest BCUT2D eigenvalue weighted by molar-refractivity contribution is 5.99. The number of nitrogens with one attached hydrogen (secondary N) is 1. The summed E-state index contributed by atoms with van der Waals surface area (Å²) in [7, 11) is 3.19. The fourth-order valence-electron chi connectivity index (χ4n) is 3.44. The summed E-state index contributed by atoms with van der Waals surface area (Å²) in [5, 5.41) is 3.19. The molecule has 1 heterocycles. The van der Waals surface area contributed by atoms with E-state index < -0.39 is 0 Å². The topological polar surface area (TPSA) is 52.5 Å². The van der Waals surface area contributed by atoms with Crippen molar-refractivity contribution in [1.29, 1.82) is 0 Å². The number of aryl methyl sites for hydroxylation is 1. The van der Waals surface area contributed by atoms with E-state index in [0.717, 1.165) is 22.6 Å². The first kappa shape index (κ1) is 20.6. The monoisotopic (exact) mass is 396 g/mol. The first-order valence-electron chi connectivity index (χ1n) is 9.34. The van der Waals surface area contributed by atoms with Crippen molar-refractivity contribution < 1.29 is 18.7 Å². The molecule has 1 aromatic heterocycles. The summed E-state index contributed by atoms with van der Waals surface area (Å²) in [6, 6.07) is 13.8. The number of ether oxygens (including phenoxy) is 2. The Morgan fingerprint density at radius 1 is 1.00 bits per heavy atom. The molecule has 0 bridgehead atoms. The van der Waals surface area contributed by atoms with Crippen LogP contribution in [0.2, 0.25) is 0 Å². The average Bonchev–Trinajstić information content (AvgIpc) is 3.02. The second kappa shape index (κ2) is 8.92. The Labute approximate surface area is 170 Å². The molecule has 0 amide bonds. The molecule has 6 heteroatoms. The fourth-order valence-corrected chi connectivity index (χ4v) is 3.44. The minimum absolute atomic E-state index is 0.00642. The van der Waals surface area contributed by atoms with Crippen LogP contribution in [0.3, 0.4) is 0 Å². The van der Waals surface area contributed by atoms with Crippen molar-refractivity contribution in [1.82, 2.24) is 9.88 Å². The quantitative estimate of drug-likeness (QED) is 0.579. The van der Waals surface area contributed by atoms with E-state index in [9.17, 15) is 9.18 Å². The van der Waals surface area contributed by atoms with Gasteiger partial charge in [-0.3, -0.25) is 4.79 Å². The zero-order valence-corrected chi connectivity index (χ0v) is 17.1. The van der Waals surface area contributed by atoms with Crippen LogP contribution in [0, 0.1) is 19.7 Å². The number of Topliss-reactive ketones (excluding diaryl/α,β-unsaturated/α-hetero) is 1.